The van der Waals surface area contributed by atoms with E-state index in [2.05, 4.69) is 26.5 Å². The van der Waals surface area contributed by atoms with Gasteiger partial charge in [0.25, 0.3) is 0 Å². The Bertz CT molecular complexity index is 1160. The Hall–Kier alpha value is -3.08. The minimum Gasteiger partial charge on any atom is -0.356 e. The summed E-state index contributed by atoms with van der Waals surface area (Å²) in [5, 5.41) is 0. The van der Waals surface area contributed by atoms with Crippen molar-refractivity contribution in [2.45, 2.75) is 25.7 Å². The van der Waals surface area contributed by atoms with E-state index in [1.807, 2.05) is 11.8 Å². The van der Waals surface area contributed by atoms with Crippen LogP contribution in [-0.4, -0.2) is 49.6 Å². The fourth-order valence-corrected chi connectivity index (χ4v) is 4.39. The molecule has 1 unspecified atom stereocenters. The lowest BCUT2D eigenvalue weighted by atomic mass is 9.72. The molecule has 4 rings (SSSR count). The van der Waals surface area contributed by atoms with Crippen molar-refractivity contribution in [3.8, 4) is 11.5 Å². The quantitative estimate of drug-likeness (QED) is 0.485. The molecule has 0 aromatic carbocycles. The summed E-state index contributed by atoms with van der Waals surface area (Å²) in [7, 11) is 0. The Morgan fingerprint density at radius 1 is 1.25 bits per heavy atom. The van der Waals surface area contributed by atoms with Crippen LogP contribution in [0.3, 0.4) is 0 Å². The van der Waals surface area contributed by atoms with Crippen LogP contribution in [0.25, 0.3) is 17.2 Å². The SMILES string of the molecule is C=C(C)C1(F)[C@H](CN)CN(c2ccnc(-c3cnc4cnc(C(F)(F)F)cn34)n2)C[C@@H]1C. The molecule has 7 nitrogen and oxygen atoms in total. The molecule has 1 aliphatic heterocycles. The van der Waals surface area contributed by atoms with E-state index in [1.165, 1.54) is 16.8 Å². The van der Waals surface area contributed by atoms with Crippen molar-refractivity contribution in [2.24, 2.45) is 17.6 Å². The third-order valence-corrected chi connectivity index (χ3v) is 6.07. The van der Waals surface area contributed by atoms with Gasteiger partial charge in [-0.15, -0.1) is 0 Å². The first-order valence-corrected chi connectivity index (χ1v) is 10.1. The van der Waals surface area contributed by atoms with Gasteiger partial charge in [0.15, 0.2) is 17.2 Å². The van der Waals surface area contributed by atoms with Crippen molar-refractivity contribution in [1.29, 1.82) is 0 Å². The molecule has 0 saturated carbocycles. The van der Waals surface area contributed by atoms with Gasteiger partial charge in [0.1, 0.15) is 17.2 Å². The Morgan fingerprint density at radius 3 is 2.66 bits per heavy atom. The van der Waals surface area contributed by atoms with Gasteiger partial charge in [0, 0.05) is 43.9 Å². The molecule has 0 bridgehead atoms. The van der Waals surface area contributed by atoms with Crippen LogP contribution in [0.2, 0.25) is 0 Å². The van der Waals surface area contributed by atoms with E-state index in [4.69, 9.17) is 5.73 Å². The van der Waals surface area contributed by atoms with E-state index < -0.39 is 23.5 Å². The third-order valence-electron chi connectivity index (χ3n) is 6.07. The summed E-state index contributed by atoms with van der Waals surface area (Å²) >= 11 is 0. The molecule has 2 N–H and O–H groups in total. The summed E-state index contributed by atoms with van der Waals surface area (Å²) in [6.45, 7) is 8.16. The Balaban J connectivity index is 1.70. The number of imidazole rings is 1. The van der Waals surface area contributed by atoms with Crippen molar-refractivity contribution >= 4 is 11.5 Å². The number of hydrogen-bond donors (Lipinski definition) is 1. The van der Waals surface area contributed by atoms with Crippen LogP contribution in [-0.2, 0) is 6.18 Å². The molecular weight excluding hydrogens is 426 g/mol. The minimum atomic E-state index is -4.60. The molecule has 3 atom stereocenters. The highest BCUT2D eigenvalue weighted by Gasteiger charge is 2.49. The molecule has 0 radical (unpaired) electrons. The first-order valence-electron chi connectivity index (χ1n) is 10.1. The predicted molar refractivity (Wildman–Crippen MR) is 112 cm³/mol. The van der Waals surface area contributed by atoms with Crippen LogP contribution in [0.1, 0.15) is 19.5 Å². The number of rotatable bonds is 4. The second-order valence-corrected chi connectivity index (χ2v) is 8.17. The molecule has 0 amide bonds. The van der Waals surface area contributed by atoms with Gasteiger partial charge < -0.3 is 10.6 Å². The van der Waals surface area contributed by atoms with Gasteiger partial charge in [0.05, 0.1) is 12.4 Å². The van der Waals surface area contributed by atoms with E-state index in [9.17, 15) is 13.2 Å². The zero-order valence-electron chi connectivity index (χ0n) is 17.6. The van der Waals surface area contributed by atoms with Crippen LogP contribution < -0.4 is 10.6 Å². The summed E-state index contributed by atoms with van der Waals surface area (Å²) in [6.07, 6.45) is 0.229. The second kappa shape index (κ2) is 7.80. The van der Waals surface area contributed by atoms with E-state index in [1.54, 1.807) is 13.0 Å². The highest BCUT2D eigenvalue weighted by Crippen LogP contribution is 2.42. The minimum absolute atomic E-state index is 0.141. The molecule has 4 heterocycles. The average molecular weight is 449 g/mol. The number of allylic oxidation sites excluding steroid dienone is 1. The van der Waals surface area contributed by atoms with E-state index >= 15 is 4.39 Å². The molecule has 1 saturated heterocycles. The summed E-state index contributed by atoms with van der Waals surface area (Å²) in [6, 6.07) is 1.68. The monoisotopic (exact) mass is 449 g/mol. The lowest BCUT2D eigenvalue weighted by Crippen LogP contribution is -2.57. The van der Waals surface area contributed by atoms with Crippen molar-refractivity contribution in [3.05, 3.63) is 48.7 Å². The molecule has 0 spiro atoms. The van der Waals surface area contributed by atoms with Crippen LogP contribution in [0.15, 0.2) is 43.0 Å². The highest BCUT2D eigenvalue weighted by atomic mass is 19.4. The maximum atomic E-state index is 15.7. The van der Waals surface area contributed by atoms with Crippen molar-refractivity contribution < 1.29 is 17.6 Å². The number of fused-ring (bicyclic) bond motifs is 1. The molecular formula is C21H23F4N7. The molecule has 1 aliphatic rings. The smallest absolute Gasteiger partial charge is 0.356 e. The largest absolute Gasteiger partial charge is 0.434 e. The number of piperidine rings is 1. The van der Waals surface area contributed by atoms with Gasteiger partial charge in [-0.25, -0.2) is 24.3 Å². The molecule has 3 aromatic rings. The zero-order valence-corrected chi connectivity index (χ0v) is 17.6. The summed E-state index contributed by atoms with van der Waals surface area (Å²) in [5.41, 5.74) is 4.23. The number of halogens is 4. The molecule has 32 heavy (non-hydrogen) atoms. The molecule has 0 aliphatic carbocycles. The summed E-state index contributed by atoms with van der Waals surface area (Å²) in [4.78, 5) is 18.2. The second-order valence-electron chi connectivity index (χ2n) is 8.17. The lowest BCUT2D eigenvalue weighted by molar-refractivity contribution is -0.141. The maximum absolute atomic E-state index is 15.7. The Labute approximate surface area is 182 Å². The number of aromatic nitrogens is 5. The third kappa shape index (κ3) is 3.60. The average Bonchev–Trinajstić information content (AvgIpc) is 3.18. The fourth-order valence-electron chi connectivity index (χ4n) is 4.39. The first-order chi connectivity index (χ1) is 15.1. The number of nitrogens with two attached hydrogens (primary N) is 1. The Kier molecular flexibility index (Phi) is 5.40. The topological polar surface area (TPSA) is 85.2 Å². The van der Waals surface area contributed by atoms with E-state index in [0.717, 1.165) is 12.4 Å². The fraction of sp³-hybridized carbons (Fsp3) is 0.429. The normalized spacial score (nSPS) is 24.2. The standard InChI is InChI=1S/C21H23F4N7/c1-12(2)20(22)13(3)9-31(10-14(20)6-26)17-4-5-27-19(30-17)15-7-29-18-8-28-16(11-32(15)18)21(23,24)25/h4-5,7-8,11,13-14H,1,6,9-10,26H2,2-3H3/t13-,14+,20?/m0/s1. The van der Waals surface area contributed by atoms with Crippen LogP contribution in [0.4, 0.5) is 23.4 Å². The molecule has 170 valence electrons. The number of anilines is 1. The van der Waals surface area contributed by atoms with E-state index in [-0.39, 0.29) is 29.6 Å². The summed E-state index contributed by atoms with van der Waals surface area (Å²) < 4.78 is 56.3. The van der Waals surface area contributed by atoms with Crippen molar-refractivity contribution in [2.75, 3.05) is 24.5 Å². The van der Waals surface area contributed by atoms with Crippen LogP contribution >= 0.6 is 0 Å². The molecule has 11 heteroatoms. The van der Waals surface area contributed by atoms with Gasteiger partial charge in [-0.1, -0.05) is 13.5 Å². The lowest BCUT2D eigenvalue weighted by Gasteiger charge is -2.47. The Morgan fingerprint density at radius 2 is 2.00 bits per heavy atom. The zero-order chi connectivity index (χ0) is 23.3. The first kappa shape index (κ1) is 22.1. The van der Waals surface area contributed by atoms with Gasteiger partial charge >= 0.3 is 6.18 Å². The number of nitrogens with zero attached hydrogens (tertiary/aromatic N) is 6. The summed E-state index contributed by atoms with van der Waals surface area (Å²) in [5.74, 6) is -0.123. The molecule has 3 aromatic heterocycles. The van der Waals surface area contributed by atoms with Crippen LogP contribution in [0.5, 0.6) is 0 Å². The van der Waals surface area contributed by atoms with Crippen molar-refractivity contribution in [3.63, 3.8) is 0 Å². The van der Waals surface area contributed by atoms with Gasteiger partial charge in [-0.05, 0) is 18.6 Å². The van der Waals surface area contributed by atoms with Gasteiger partial charge in [-0.2, -0.15) is 13.2 Å². The van der Waals surface area contributed by atoms with Gasteiger partial charge in [0.2, 0.25) is 0 Å². The maximum Gasteiger partial charge on any atom is 0.434 e. The van der Waals surface area contributed by atoms with Crippen molar-refractivity contribution in [1.82, 2.24) is 24.3 Å². The number of hydrogen-bond acceptors (Lipinski definition) is 6. The molecule has 1 fully saturated rings. The van der Waals surface area contributed by atoms with Crippen LogP contribution in [0, 0.1) is 11.8 Å². The van der Waals surface area contributed by atoms with Gasteiger partial charge in [-0.3, -0.25) is 4.40 Å². The predicted octanol–water partition coefficient (Wildman–Crippen LogP) is 3.52. The van der Waals surface area contributed by atoms with E-state index in [0.29, 0.717) is 24.5 Å². The number of alkyl halides is 4. The highest BCUT2D eigenvalue weighted by molar-refractivity contribution is 5.58.